The van der Waals surface area contributed by atoms with Gasteiger partial charge < -0.3 is 19.9 Å². The monoisotopic (exact) mass is 435 g/mol. The minimum absolute atomic E-state index is 0.121. The third-order valence-corrected chi connectivity index (χ3v) is 5.48. The van der Waals surface area contributed by atoms with Gasteiger partial charge >= 0.3 is 12.3 Å². The first-order valence-electron chi connectivity index (χ1n) is 10.3. The molecule has 1 amide bonds. The van der Waals surface area contributed by atoms with Crippen LogP contribution in [0.5, 0.6) is 5.88 Å². The van der Waals surface area contributed by atoms with Crippen molar-refractivity contribution < 1.29 is 22.7 Å². The Hall–Kier alpha value is -3.04. The van der Waals surface area contributed by atoms with Crippen molar-refractivity contribution in [3.05, 3.63) is 42.0 Å². The van der Waals surface area contributed by atoms with Crippen molar-refractivity contribution in [1.29, 1.82) is 0 Å². The third-order valence-electron chi connectivity index (χ3n) is 5.48. The molecule has 0 unspecified atom stereocenters. The summed E-state index contributed by atoms with van der Waals surface area (Å²) >= 11 is 0. The molecule has 1 aromatic carbocycles. The second-order valence-electron chi connectivity index (χ2n) is 7.80. The first-order chi connectivity index (χ1) is 14.9. The van der Waals surface area contributed by atoms with Crippen molar-refractivity contribution in [2.24, 2.45) is 5.92 Å². The van der Waals surface area contributed by atoms with Crippen LogP contribution in [0.15, 0.2) is 36.4 Å². The predicted molar refractivity (Wildman–Crippen MR) is 109 cm³/mol. The number of piperazine rings is 1. The molecule has 1 saturated heterocycles. The standard InChI is InChI=1S/C21H24F3N5O2/c22-21(23,24)16-2-1-3-17(14-16)28-10-12-29(13-11-28)18-6-7-19(27-26-18)31-20(30)25-9-8-15-4-5-15/h1-3,6-7,14-15H,4-5,8-13H2,(H,25,30). The van der Waals surface area contributed by atoms with E-state index in [1.807, 2.05) is 9.80 Å². The number of halogens is 3. The van der Waals surface area contributed by atoms with Crippen LogP contribution in [0.2, 0.25) is 0 Å². The first kappa shape index (κ1) is 21.2. The van der Waals surface area contributed by atoms with Gasteiger partial charge in [0, 0.05) is 44.5 Å². The van der Waals surface area contributed by atoms with Crippen LogP contribution < -0.4 is 19.9 Å². The van der Waals surface area contributed by atoms with Gasteiger partial charge in [0.05, 0.1) is 5.56 Å². The van der Waals surface area contributed by atoms with Crippen molar-refractivity contribution >= 4 is 17.6 Å². The largest absolute Gasteiger partial charge is 0.416 e. The molecule has 1 N–H and O–H groups in total. The van der Waals surface area contributed by atoms with E-state index in [9.17, 15) is 18.0 Å². The third kappa shape index (κ3) is 5.77. The Morgan fingerprint density at radius 2 is 1.81 bits per heavy atom. The van der Waals surface area contributed by atoms with E-state index in [1.165, 1.54) is 25.0 Å². The van der Waals surface area contributed by atoms with Gasteiger partial charge in [-0.15, -0.1) is 10.2 Å². The number of nitrogens with one attached hydrogen (secondary N) is 1. The number of aromatic nitrogens is 2. The molecule has 0 atom stereocenters. The Morgan fingerprint density at radius 1 is 1.06 bits per heavy atom. The molecule has 1 aromatic heterocycles. The van der Waals surface area contributed by atoms with Crippen molar-refractivity contribution in [2.45, 2.75) is 25.4 Å². The van der Waals surface area contributed by atoms with E-state index in [1.54, 1.807) is 18.2 Å². The maximum atomic E-state index is 12.9. The van der Waals surface area contributed by atoms with Gasteiger partial charge in [0.2, 0.25) is 5.88 Å². The molecule has 4 rings (SSSR count). The Bertz CT molecular complexity index is 895. The molecule has 10 heteroatoms. The van der Waals surface area contributed by atoms with Crippen LogP contribution in [0.4, 0.5) is 29.5 Å². The van der Waals surface area contributed by atoms with Gasteiger partial charge in [-0.2, -0.15) is 13.2 Å². The van der Waals surface area contributed by atoms with Gasteiger partial charge in [0.15, 0.2) is 5.82 Å². The molecule has 0 bridgehead atoms. The highest BCUT2D eigenvalue weighted by Crippen LogP contribution is 2.32. The molecular weight excluding hydrogens is 411 g/mol. The summed E-state index contributed by atoms with van der Waals surface area (Å²) in [5, 5.41) is 10.8. The number of nitrogens with zero attached hydrogens (tertiary/aromatic N) is 4. The number of hydrogen-bond acceptors (Lipinski definition) is 6. The second kappa shape index (κ2) is 8.99. The topological polar surface area (TPSA) is 70.6 Å². The van der Waals surface area contributed by atoms with Crippen molar-refractivity contribution in [2.75, 3.05) is 42.5 Å². The quantitative estimate of drug-likeness (QED) is 0.746. The van der Waals surface area contributed by atoms with Crippen molar-refractivity contribution in [1.82, 2.24) is 15.5 Å². The number of carbonyl (C=O) groups excluding carboxylic acids is 1. The van der Waals surface area contributed by atoms with Crippen LogP contribution in [0, 0.1) is 5.92 Å². The molecular formula is C21H24F3N5O2. The first-order valence-corrected chi connectivity index (χ1v) is 10.3. The van der Waals surface area contributed by atoms with Crippen LogP contribution in [0.25, 0.3) is 0 Å². The molecule has 2 heterocycles. The molecule has 2 fully saturated rings. The lowest BCUT2D eigenvalue weighted by atomic mass is 10.1. The highest BCUT2D eigenvalue weighted by molar-refractivity contribution is 5.69. The minimum atomic E-state index is -4.36. The Kier molecular flexibility index (Phi) is 6.15. The van der Waals surface area contributed by atoms with Gasteiger partial charge in [0.1, 0.15) is 0 Å². The molecule has 2 aromatic rings. The number of alkyl halides is 3. The fourth-order valence-corrected chi connectivity index (χ4v) is 3.52. The molecule has 1 saturated carbocycles. The Balaban J connectivity index is 1.27. The van der Waals surface area contributed by atoms with Gasteiger partial charge in [-0.05, 0) is 36.6 Å². The fourth-order valence-electron chi connectivity index (χ4n) is 3.52. The maximum absolute atomic E-state index is 12.9. The van der Waals surface area contributed by atoms with E-state index < -0.39 is 17.8 Å². The molecule has 166 valence electrons. The van der Waals surface area contributed by atoms with E-state index in [4.69, 9.17) is 4.74 Å². The van der Waals surface area contributed by atoms with Gasteiger partial charge in [-0.25, -0.2) is 4.79 Å². The van der Waals surface area contributed by atoms with E-state index in [0.717, 1.165) is 18.4 Å². The highest BCUT2D eigenvalue weighted by Gasteiger charge is 2.31. The lowest BCUT2D eigenvalue weighted by Gasteiger charge is -2.36. The van der Waals surface area contributed by atoms with Gasteiger partial charge in [-0.3, -0.25) is 0 Å². The number of ether oxygens (including phenoxy) is 1. The van der Waals surface area contributed by atoms with E-state index in [0.29, 0.717) is 44.2 Å². The highest BCUT2D eigenvalue weighted by atomic mass is 19.4. The minimum Gasteiger partial charge on any atom is -0.390 e. The summed E-state index contributed by atoms with van der Waals surface area (Å²) in [4.78, 5) is 15.7. The van der Waals surface area contributed by atoms with E-state index in [2.05, 4.69) is 15.5 Å². The molecule has 0 spiro atoms. The fraction of sp³-hybridized carbons (Fsp3) is 0.476. The lowest BCUT2D eigenvalue weighted by Crippen LogP contribution is -2.47. The van der Waals surface area contributed by atoms with Crippen molar-refractivity contribution in [3.63, 3.8) is 0 Å². The zero-order valence-electron chi connectivity index (χ0n) is 16.9. The van der Waals surface area contributed by atoms with Crippen LogP contribution in [-0.2, 0) is 6.18 Å². The van der Waals surface area contributed by atoms with Crippen LogP contribution in [0.3, 0.4) is 0 Å². The van der Waals surface area contributed by atoms with Crippen molar-refractivity contribution in [3.8, 4) is 5.88 Å². The summed E-state index contributed by atoms with van der Waals surface area (Å²) in [5.74, 6) is 1.48. The number of hydrogen-bond donors (Lipinski definition) is 1. The number of anilines is 2. The van der Waals surface area contributed by atoms with Gasteiger partial charge in [0.25, 0.3) is 0 Å². The molecule has 0 radical (unpaired) electrons. The number of rotatable bonds is 6. The smallest absolute Gasteiger partial charge is 0.390 e. The predicted octanol–water partition coefficient (Wildman–Crippen LogP) is 3.71. The number of benzene rings is 1. The molecule has 7 nitrogen and oxygen atoms in total. The number of carbonyl (C=O) groups is 1. The molecule has 2 aliphatic rings. The second-order valence-corrected chi connectivity index (χ2v) is 7.80. The average Bonchev–Trinajstić information content (AvgIpc) is 3.58. The normalized spacial score (nSPS) is 16.9. The molecule has 1 aliphatic carbocycles. The summed E-state index contributed by atoms with van der Waals surface area (Å²) in [6.07, 6.45) is -1.47. The zero-order chi connectivity index (χ0) is 21.8. The van der Waals surface area contributed by atoms with E-state index in [-0.39, 0.29) is 5.88 Å². The summed E-state index contributed by atoms with van der Waals surface area (Å²) in [6.45, 7) is 2.89. The summed E-state index contributed by atoms with van der Waals surface area (Å²) in [7, 11) is 0. The zero-order valence-corrected chi connectivity index (χ0v) is 16.9. The van der Waals surface area contributed by atoms with Crippen LogP contribution >= 0.6 is 0 Å². The SMILES string of the molecule is O=C(NCCC1CC1)Oc1ccc(N2CCN(c3cccc(C(F)(F)F)c3)CC2)nn1. The van der Waals surface area contributed by atoms with Gasteiger partial charge in [-0.1, -0.05) is 18.9 Å². The van der Waals surface area contributed by atoms with Crippen LogP contribution in [-0.4, -0.2) is 49.0 Å². The molecule has 31 heavy (non-hydrogen) atoms. The molecule has 1 aliphatic heterocycles. The maximum Gasteiger partial charge on any atom is 0.416 e. The Labute approximate surface area is 178 Å². The summed E-state index contributed by atoms with van der Waals surface area (Å²) in [5.41, 5.74) is -0.0949. The summed E-state index contributed by atoms with van der Waals surface area (Å²) in [6, 6.07) is 8.68. The lowest BCUT2D eigenvalue weighted by molar-refractivity contribution is -0.137. The summed E-state index contributed by atoms with van der Waals surface area (Å²) < 4.78 is 44.0. The van der Waals surface area contributed by atoms with Crippen LogP contribution in [0.1, 0.15) is 24.8 Å². The Morgan fingerprint density at radius 3 is 2.45 bits per heavy atom. The van der Waals surface area contributed by atoms with E-state index >= 15 is 0 Å². The average molecular weight is 435 g/mol. The number of amides is 1.